The first-order valence-corrected chi connectivity index (χ1v) is 18.7. The van der Waals surface area contributed by atoms with Crippen LogP contribution in [0.3, 0.4) is 0 Å². The molecule has 5 N–H and O–H groups in total. The van der Waals surface area contributed by atoms with Gasteiger partial charge in [0.05, 0.1) is 22.9 Å². The van der Waals surface area contributed by atoms with Crippen molar-refractivity contribution in [2.24, 2.45) is 28.6 Å². The number of rotatable bonds is 15. The summed E-state index contributed by atoms with van der Waals surface area (Å²) in [5.74, 6) is -5.33. The maximum absolute atomic E-state index is 14.3. The monoisotopic (exact) mass is 799 g/mol. The van der Waals surface area contributed by atoms with Crippen molar-refractivity contribution in [1.82, 2.24) is 16.0 Å². The van der Waals surface area contributed by atoms with Crippen molar-refractivity contribution in [3.63, 3.8) is 0 Å². The smallest absolute Gasteiger partial charge is 0.306 e. The summed E-state index contributed by atoms with van der Waals surface area (Å²) >= 11 is 10.5. The molecular formula is C35H47BrClN3O11. The van der Waals surface area contributed by atoms with Gasteiger partial charge >= 0.3 is 11.9 Å². The van der Waals surface area contributed by atoms with Crippen molar-refractivity contribution in [3.05, 3.63) is 23.8 Å². The van der Waals surface area contributed by atoms with Gasteiger partial charge in [-0.2, -0.15) is 0 Å². The molecule has 16 heteroatoms. The molecule has 4 aliphatic carbocycles. The summed E-state index contributed by atoms with van der Waals surface area (Å²) in [5, 5.41) is 28.0. The molecule has 3 amide bonds. The number of hydrogen-bond donors (Lipinski definition) is 5. The van der Waals surface area contributed by atoms with Gasteiger partial charge in [0.2, 0.25) is 23.5 Å². The normalized spacial score (nSPS) is 34.2. The first kappa shape index (κ1) is 40.6. The van der Waals surface area contributed by atoms with E-state index < -0.39 is 94.7 Å². The number of carboxylic acids is 1. The zero-order valence-electron chi connectivity index (χ0n) is 29.2. The number of aliphatic hydroxyl groups excluding tert-OH is 1. The molecule has 14 nitrogen and oxygen atoms in total. The Morgan fingerprint density at radius 3 is 2.47 bits per heavy atom. The van der Waals surface area contributed by atoms with E-state index in [4.69, 9.17) is 26.2 Å². The Bertz CT molecular complexity index is 1520. The number of hydrogen-bond acceptors (Lipinski definition) is 10. The molecule has 0 aliphatic heterocycles. The van der Waals surface area contributed by atoms with Crippen LogP contribution in [0.5, 0.6) is 0 Å². The summed E-state index contributed by atoms with van der Waals surface area (Å²) < 4.78 is 11.7. The van der Waals surface area contributed by atoms with E-state index in [0.717, 1.165) is 5.57 Å². The van der Waals surface area contributed by atoms with Crippen molar-refractivity contribution in [2.75, 3.05) is 25.2 Å². The van der Waals surface area contributed by atoms with E-state index in [2.05, 4.69) is 31.9 Å². The summed E-state index contributed by atoms with van der Waals surface area (Å²) in [6.07, 6.45) is 4.90. The minimum Gasteiger partial charge on any atom is -0.481 e. The molecule has 0 aromatic carbocycles. The molecule has 9 atom stereocenters. The maximum Gasteiger partial charge on any atom is 0.306 e. The number of aliphatic hydroxyl groups is 1. The Morgan fingerprint density at radius 1 is 1.12 bits per heavy atom. The van der Waals surface area contributed by atoms with Crippen LogP contribution in [0, 0.1) is 28.6 Å². The lowest BCUT2D eigenvalue weighted by atomic mass is 9.45. The third-order valence-electron chi connectivity index (χ3n) is 11.6. The van der Waals surface area contributed by atoms with Gasteiger partial charge in [0.15, 0.2) is 11.4 Å². The number of Topliss-reactive ketones (excluding diaryl/α,β-unsaturated/α-hetero) is 1. The van der Waals surface area contributed by atoms with Crippen molar-refractivity contribution >= 4 is 68.8 Å². The average molecular weight is 801 g/mol. The van der Waals surface area contributed by atoms with Gasteiger partial charge in [-0.05, 0) is 56.1 Å². The van der Waals surface area contributed by atoms with Crippen LogP contribution in [0.1, 0.15) is 72.6 Å². The van der Waals surface area contributed by atoms with Gasteiger partial charge in [0.1, 0.15) is 19.4 Å². The van der Waals surface area contributed by atoms with Crippen LogP contribution >= 0.6 is 27.5 Å². The van der Waals surface area contributed by atoms with Gasteiger partial charge in [0.25, 0.3) is 0 Å². The molecule has 0 spiro atoms. The first-order valence-electron chi connectivity index (χ1n) is 17.2. The third kappa shape index (κ3) is 7.40. The molecule has 0 aromatic rings. The molecule has 3 fully saturated rings. The highest BCUT2D eigenvalue weighted by molar-refractivity contribution is 9.09. The van der Waals surface area contributed by atoms with Crippen LogP contribution < -0.4 is 16.0 Å². The molecule has 4 rings (SSSR count). The Labute approximate surface area is 310 Å². The summed E-state index contributed by atoms with van der Waals surface area (Å²) in [6, 6.07) is -1.17. The summed E-state index contributed by atoms with van der Waals surface area (Å²) in [7, 11) is 0. The van der Waals surface area contributed by atoms with Crippen LogP contribution in [-0.2, 0) is 43.0 Å². The van der Waals surface area contributed by atoms with E-state index >= 15 is 0 Å². The predicted octanol–water partition coefficient (Wildman–Crippen LogP) is 2.08. The molecule has 0 heterocycles. The minimum absolute atomic E-state index is 0.0125. The Balaban J connectivity index is 1.45. The fraction of sp³-hybridized carbons (Fsp3) is 0.686. The summed E-state index contributed by atoms with van der Waals surface area (Å²) in [5.41, 5.74) is -2.63. The fourth-order valence-electron chi connectivity index (χ4n) is 9.16. The van der Waals surface area contributed by atoms with Gasteiger partial charge in [0, 0.05) is 29.6 Å². The number of alkyl halides is 2. The van der Waals surface area contributed by atoms with E-state index in [1.54, 1.807) is 19.1 Å². The van der Waals surface area contributed by atoms with Crippen molar-refractivity contribution in [2.45, 2.75) is 95.3 Å². The number of esters is 1. The van der Waals surface area contributed by atoms with Crippen molar-refractivity contribution in [3.8, 4) is 0 Å². The zero-order chi connectivity index (χ0) is 37.9. The standard InChI is InChI=1S/C35H47BrClN3O11/c1-5-30(48)51-35(26(43)17-50-18-39-28(45)16-38-31(49)24(8-9-29(46)47)40-27(44)15-36)19(2)12-23-22-7-6-20-13-21(41)10-11-32(20,3)34(22,37)25(42)14-33(23,35)4/h10-11,13,19,22-25,42H,5-9,12,14-18H2,1-4H3,(H,38,49)(H,39,45)(H,40,44)(H,46,47)/t19-,22-,23?,24-,25-,32-,33-,34-,35-/m0/s1. The van der Waals surface area contributed by atoms with E-state index in [-0.39, 0.29) is 48.6 Å². The number of amides is 3. The number of ketones is 2. The predicted molar refractivity (Wildman–Crippen MR) is 186 cm³/mol. The number of ether oxygens (including phenoxy) is 2. The van der Waals surface area contributed by atoms with Gasteiger partial charge in [-0.1, -0.05) is 55.3 Å². The third-order valence-corrected chi connectivity index (χ3v) is 13.0. The zero-order valence-corrected chi connectivity index (χ0v) is 31.6. The van der Waals surface area contributed by atoms with Crippen LogP contribution in [0.15, 0.2) is 23.8 Å². The van der Waals surface area contributed by atoms with Crippen LogP contribution in [0.25, 0.3) is 0 Å². The number of nitrogens with one attached hydrogen (secondary N) is 3. The Morgan fingerprint density at radius 2 is 1.82 bits per heavy atom. The highest BCUT2D eigenvalue weighted by Gasteiger charge is 2.76. The molecule has 1 unspecified atom stereocenters. The van der Waals surface area contributed by atoms with Gasteiger partial charge in [-0.15, -0.1) is 11.6 Å². The summed E-state index contributed by atoms with van der Waals surface area (Å²) in [4.78, 5) is 86.1. The largest absolute Gasteiger partial charge is 0.481 e. The fourth-order valence-corrected chi connectivity index (χ4v) is 9.84. The van der Waals surface area contributed by atoms with Crippen LogP contribution in [-0.4, -0.2) is 99.3 Å². The first-order chi connectivity index (χ1) is 23.9. The molecule has 282 valence electrons. The second kappa shape index (κ2) is 15.8. The minimum atomic E-state index is -1.66. The highest BCUT2D eigenvalue weighted by atomic mass is 79.9. The number of carbonyl (C=O) groups excluding carboxylic acids is 6. The van der Waals surface area contributed by atoms with Crippen LogP contribution in [0.2, 0.25) is 0 Å². The lowest BCUT2D eigenvalue weighted by Crippen LogP contribution is -2.69. The molecular weight excluding hydrogens is 754 g/mol. The highest BCUT2D eigenvalue weighted by Crippen LogP contribution is 2.72. The van der Waals surface area contributed by atoms with Gasteiger partial charge in [-0.3, -0.25) is 33.6 Å². The lowest BCUT2D eigenvalue weighted by molar-refractivity contribution is -0.203. The van der Waals surface area contributed by atoms with E-state index in [1.807, 2.05) is 20.8 Å². The quantitative estimate of drug-likeness (QED) is 0.0700. The van der Waals surface area contributed by atoms with E-state index in [0.29, 0.717) is 19.3 Å². The molecule has 0 aromatic heterocycles. The SMILES string of the molecule is CCC(=O)O[C@]1(C(=O)COCNC(=O)CNC(=O)[C@H](CCC(=O)O)NC(=O)CBr)[C@@H](C)CC2[C@@H]3CCC4=CC(=O)C=C[C@]4(C)[C@@]3(Cl)[C@@H](O)C[C@@]21C. The Hall–Kier alpha value is -3.14. The second-order valence-corrected chi connectivity index (χ2v) is 15.6. The lowest BCUT2D eigenvalue weighted by Gasteiger charge is -2.64. The van der Waals surface area contributed by atoms with Gasteiger partial charge in [-0.25, -0.2) is 0 Å². The average Bonchev–Trinajstić information content (AvgIpc) is 3.29. The number of halogens is 2. The van der Waals surface area contributed by atoms with E-state index in [1.165, 1.54) is 6.08 Å². The van der Waals surface area contributed by atoms with E-state index in [9.17, 15) is 38.7 Å². The molecule has 0 saturated heterocycles. The van der Waals surface area contributed by atoms with Gasteiger partial charge < -0.3 is 35.6 Å². The molecule has 0 bridgehead atoms. The molecule has 4 aliphatic rings. The van der Waals surface area contributed by atoms with Crippen molar-refractivity contribution in [1.29, 1.82) is 0 Å². The molecule has 51 heavy (non-hydrogen) atoms. The maximum atomic E-state index is 14.3. The van der Waals surface area contributed by atoms with Crippen LogP contribution in [0.4, 0.5) is 0 Å². The molecule has 0 radical (unpaired) electrons. The second-order valence-electron chi connectivity index (χ2n) is 14.4. The number of carbonyl (C=O) groups is 7. The summed E-state index contributed by atoms with van der Waals surface area (Å²) in [6.45, 7) is 5.80. The Kier molecular flexibility index (Phi) is 12.6. The number of fused-ring (bicyclic) bond motifs is 5. The molecule has 3 saturated carbocycles. The number of carboxylic acid groups (broad SMARTS) is 1. The number of aliphatic carboxylic acids is 1. The number of allylic oxidation sites excluding steroid dienone is 4. The topological polar surface area (TPSA) is 214 Å². The van der Waals surface area contributed by atoms with Crippen molar-refractivity contribution < 1.29 is 53.2 Å².